The van der Waals surface area contributed by atoms with Crippen LogP contribution in [0.2, 0.25) is 0 Å². The van der Waals surface area contributed by atoms with Crippen LogP contribution in [0.25, 0.3) is 11.1 Å². The summed E-state index contributed by atoms with van der Waals surface area (Å²) in [7, 11) is 0. The molecule has 2 fully saturated rings. The van der Waals surface area contributed by atoms with Gasteiger partial charge in [-0.05, 0) is 84.7 Å². The van der Waals surface area contributed by atoms with Crippen molar-refractivity contribution >= 4 is 11.9 Å². The molecule has 1 aromatic heterocycles. The molecule has 2 aromatic carbocycles. The number of benzene rings is 2. The normalized spacial score (nSPS) is 16.5. The molecule has 5 rings (SSSR count). The Morgan fingerprint density at radius 2 is 2.00 bits per heavy atom. The average molecular weight is 541 g/mol. The zero-order valence-corrected chi connectivity index (χ0v) is 21.3. The average Bonchev–Trinajstić information content (AvgIpc) is 3.75. The summed E-state index contributed by atoms with van der Waals surface area (Å²) in [5.74, 6) is -0.580. The summed E-state index contributed by atoms with van der Waals surface area (Å²) < 4.78 is 60.6. The number of pyridine rings is 1. The molecule has 0 spiro atoms. The molecule has 2 heterocycles. The second-order valence-corrected chi connectivity index (χ2v) is 10.0. The van der Waals surface area contributed by atoms with Gasteiger partial charge in [0.1, 0.15) is 5.82 Å². The van der Waals surface area contributed by atoms with Crippen LogP contribution in [-0.2, 0) is 17.5 Å². The number of halogens is 4. The Labute approximate surface area is 223 Å². The highest BCUT2D eigenvalue weighted by molar-refractivity contribution is 5.96. The molecule has 3 aromatic rings. The Balaban J connectivity index is 1.52. The number of ether oxygens (including phenoxy) is 1. The van der Waals surface area contributed by atoms with Crippen LogP contribution in [0.1, 0.15) is 58.0 Å². The fourth-order valence-corrected chi connectivity index (χ4v) is 4.91. The summed E-state index contributed by atoms with van der Waals surface area (Å²) in [4.78, 5) is 18.8. The Morgan fingerprint density at radius 3 is 2.69 bits per heavy atom. The van der Waals surface area contributed by atoms with E-state index in [0.717, 1.165) is 24.6 Å². The van der Waals surface area contributed by atoms with E-state index in [2.05, 4.69) is 10.3 Å². The number of amidine groups is 1. The van der Waals surface area contributed by atoms with Crippen LogP contribution in [0.3, 0.4) is 0 Å². The number of hydrogen-bond acceptors (Lipinski definition) is 4. The summed E-state index contributed by atoms with van der Waals surface area (Å²) >= 11 is 0. The maximum atomic E-state index is 13.9. The van der Waals surface area contributed by atoms with Gasteiger partial charge in [-0.3, -0.25) is 15.2 Å². The van der Waals surface area contributed by atoms with E-state index >= 15 is 0 Å². The van der Waals surface area contributed by atoms with E-state index in [1.165, 1.54) is 24.3 Å². The number of carbonyl (C=O) groups excluding carboxylic acids is 1. The zero-order valence-electron chi connectivity index (χ0n) is 21.3. The highest BCUT2D eigenvalue weighted by Crippen LogP contribution is 2.42. The van der Waals surface area contributed by atoms with Crippen molar-refractivity contribution < 1.29 is 27.1 Å². The second-order valence-electron chi connectivity index (χ2n) is 10.0. The van der Waals surface area contributed by atoms with Gasteiger partial charge in [-0.1, -0.05) is 18.2 Å². The van der Waals surface area contributed by atoms with Crippen molar-refractivity contribution in [3.63, 3.8) is 0 Å². The molecule has 1 unspecified atom stereocenters. The highest BCUT2D eigenvalue weighted by Gasteiger charge is 2.36. The van der Waals surface area contributed by atoms with Crippen molar-refractivity contribution in [1.82, 2.24) is 15.2 Å². The maximum Gasteiger partial charge on any atom is 0.433 e. The maximum absolute atomic E-state index is 13.9. The van der Waals surface area contributed by atoms with Gasteiger partial charge in [0, 0.05) is 30.4 Å². The summed E-state index contributed by atoms with van der Waals surface area (Å²) in [6.07, 6.45) is -1.07. The number of aromatic nitrogens is 1. The second kappa shape index (κ2) is 10.7. The third-order valence-electron chi connectivity index (χ3n) is 7.04. The van der Waals surface area contributed by atoms with Crippen molar-refractivity contribution in [3.05, 3.63) is 88.5 Å². The highest BCUT2D eigenvalue weighted by atomic mass is 19.4. The lowest BCUT2D eigenvalue weighted by atomic mass is 9.96. The number of aryl methyl sites for hydroxylation is 1. The van der Waals surface area contributed by atoms with Gasteiger partial charge in [0.05, 0.1) is 12.6 Å². The lowest BCUT2D eigenvalue weighted by Crippen LogP contribution is -2.37. The third-order valence-corrected chi connectivity index (χ3v) is 7.04. The van der Waals surface area contributed by atoms with Gasteiger partial charge in [0.2, 0.25) is 0 Å². The van der Waals surface area contributed by atoms with Gasteiger partial charge < -0.3 is 15.0 Å². The Hall–Kier alpha value is -3.95. The van der Waals surface area contributed by atoms with Gasteiger partial charge in [-0.25, -0.2) is 4.39 Å². The van der Waals surface area contributed by atoms with Crippen LogP contribution >= 0.6 is 0 Å². The summed E-state index contributed by atoms with van der Waals surface area (Å²) in [6.45, 7) is 2.84. The van der Waals surface area contributed by atoms with Gasteiger partial charge in [-0.2, -0.15) is 13.2 Å². The van der Waals surface area contributed by atoms with Crippen LogP contribution < -0.4 is 5.32 Å². The van der Waals surface area contributed by atoms with Gasteiger partial charge in [0.15, 0.2) is 5.69 Å². The van der Waals surface area contributed by atoms with E-state index in [-0.39, 0.29) is 47.0 Å². The van der Waals surface area contributed by atoms with Crippen molar-refractivity contribution in [1.29, 1.82) is 5.41 Å². The molecular formula is C29H28F4N4O2. The first-order valence-electron chi connectivity index (χ1n) is 12.8. The number of amides is 1. The molecule has 1 aliphatic heterocycles. The third kappa shape index (κ3) is 6.05. The summed E-state index contributed by atoms with van der Waals surface area (Å²) in [6, 6.07) is 11.8. The van der Waals surface area contributed by atoms with E-state index in [4.69, 9.17) is 10.1 Å². The minimum Gasteiger partial charge on any atom is -0.465 e. The fraction of sp³-hybridized carbons (Fsp3) is 0.345. The molecule has 6 nitrogen and oxygen atoms in total. The van der Waals surface area contributed by atoms with Crippen molar-refractivity contribution in [3.8, 4) is 11.1 Å². The standard InChI is InChI=1S/C29H28F4N4O2/c1-17-12-20(7-8-24(17)30)25(19-5-6-19)36-27(38)22-14-18(16-37-10-3-11-39-28(37)34)13-21(15-22)23-4-2-9-35-26(23)29(31,32)33/h2,4,7-9,12-15,19,25,34H,3,5-6,10-11,16H2,1H3,(H,36,38). The molecule has 204 valence electrons. The van der Waals surface area contributed by atoms with E-state index in [0.29, 0.717) is 30.7 Å². The van der Waals surface area contributed by atoms with Gasteiger partial charge in [-0.15, -0.1) is 0 Å². The lowest BCUT2D eigenvalue weighted by Gasteiger charge is -2.29. The molecule has 1 atom stereocenters. The molecule has 10 heteroatoms. The molecule has 2 N–H and O–H groups in total. The quantitative estimate of drug-likeness (QED) is 0.347. The SMILES string of the molecule is Cc1cc(C(NC(=O)c2cc(CN3CCCOC3=N)cc(-c3cccnc3C(F)(F)F)c2)C2CC2)ccc1F. The van der Waals surface area contributed by atoms with Crippen LogP contribution in [0.5, 0.6) is 0 Å². The van der Waals surface area contributed by atoms with Crippen molar-refractivity contribution in [2.45, 2.75) is 44.9 Å². The number of alkyl halides is 3. The number of carbonyl (C=O) groups is 1. The monoisotopic (exact) mass is 540 g/mol. The fourth-order valence-electron chi connectivity index (χ4n) is 4.91. The van der Waals surface area contributed by atoms with Crippen LogP contribution in [0.15, 0.2) is 54.7 Å². The minimum atomic E-state index is -4.69. The molecule has 0 radical (unpaired) electrons. The first kappa shape index (κ1) is 26.6. The van der Waals surface area contributed by atoms with Crippen molar-refractivity contribution in [2.24, 2.45) is 5.92 Å². The number of hydrogen-bond donors (Lipinski definition) is 2. The summed E-state index contributed by atoms with van der Waals surface area (Å²) in [5, 5.41) is 11.1. The minimum absolute atomic E-state index is 0.0181. The van der Waals surface area contributed by atoms with Crippen LogP contribution in [-0.4, -0.2) is 35.0 Å². The largest absolute Gasteiger partial charge is 0.465 e. The van der Waals surface area contributed by atoms with E-state index in [1.54, 1.807) is 36.1 Å². The Morgan fingerprint density at radius 1 is 1.21 bits per heavy atom. The predicted octanol–water partition coefficient (Wildman–Crippen LogP) is 6.25. The predicted molar refractivity (Wildman–Crippen MR) is 137 cm³/mol. The van der Waals surface area contributed by atoms with E-state index in [9.17, 15) is 22.4 Å². The molecule has 0 bridgehead atoms. The topological polar surface area (TPSA) is 78.3 Å². The molecule has 1 aliphatic carbocycles. The van der Waals surface area contributed by atoms with Crippen molar-refractivity contribution in [2.75, 3.05) is 13.2 Å². The molecule has 2 aliphatic rings. The molecule has 1 amide bonds. The Bertz CT molecular complexity index is 1400. The first-order chi connectivity index (χ1) is 18.6. The molecule has 1 saturated heterocycles. The smallest absolute Gasteiger partial charge is 0.433 e. The zero-order chi connectivity index (χ0) is 27.7. The lowest BCUT2D eigenvalue weighted by molar-refractivity contribution is -0.140. The Kier molecular flexibility index (Phi) is 7.29. The molecule has 39 heavy (non-hydrogen) atoms. The molecular weight excluding hydrogens is 512 g/mol. The number of rotatable bonds is 7. The van der Waals surface area contributed by atoms with Gasteiger partial charge >= 0.3 is 6.18 Å². The van der Waals surface area contributed by atoms with E-state index in [1.807, 2.05) is 0 Å². The molecule has 1 saturated carbocycles. The van der Waals surface area contributed by atoms with Gasteiger partial charge in [0.25, 0.3) is 11.9 Å². The van der Waals surface area contributed by atoms with Crippen LogP contribution in [0.4, 0.5) is 17.6 Å². The summed E-state index contributed by atoms with van der Waals surface area (Å²) in [5.41, 5.74) is 1.02. The van der Waals surface area contributed by atoms with Crippen LogP contribution in [0, 0.1) is 24.1 Å². The number of nitrogens with one attached hydrogen (secondary N) is 2. The first-order valence-corrected chi connectivity index (χ1v) is 12.8. The van der Waals surface area contributed by atoms with E-state index < -0.39 is 17.8 Å². The number of nitrogens with zero attached hydrogens (tertiary/aromatic N) is 2.